The van der Waals surface area contributed by atoms with Crippen LogP contribution in [0.1, 0.15) is 22.3 Å². The predicted molar refractivity (Wildman–Crippen MR) is 170 cm³/mol. The van der Waals surface area contributed by atoms with Gasteiger partial charge in [-0.25, -0.2) is 0 Å². The lowest BCUT2D eigenvalue weighted by molar-refractivity contribution is 0.190. The summed E-state index contributed by atoms with van der Waals surface area (Å²) in [5.41, 5.74) is 23.8. The van der Waals surface area contributed by atoms with Crippen molar-refractivity contribution in [3.63, 3.8) is 0 Å². The first-order valence-corrected chi connectivity index (χ1v) is 14.5. The SMILES string of the molecule is NC[C@@H](O)CN1c2ccccc2CCc2ccccc21.[N-]=[N+]=NC[C@@H](O)CN1c2ccccc2CCc2ccccc21. The molecule has 4 N–H and O–H groups in total. The van der Waals surface area contributed by atoms with Crippen LogP contribution < -0.4 is 15.5 Å². The third-order valence-corrected chi connectivity index (χ3v) is 7.87. The molecule has 0 spiro atoms. The summed E-state index contributed by atoms with van der Waals surface area (Å²) in [6.07, 6.45) is 2.81. The van der Waals surface area contributed by atoms with Crippen LogP contribution in [0.2, 0.25) is 0 Å². The van der Waals surface area contributed by atoms with E-state index in [9.17, 15) is 10.2 Å². The summed E-state index contributed by atoms with van der Waals surface area (Å²) in [6.45, 7) is 1.30. The molecule has 4 aromatic rings. The third kappa shape index (κ3) is 6.75. The molecule has 0 saturated heterocycles. The average molecular weight is 563 g/mol. The first-order valence-electron chi connectivity index (χ1n) is 14.5. The van der Waals surface area contributed by atoms with Gasteiger partial charge in [0.2, 0.25) is 0 Å². The maximum absolute atomic E-state index is 10.2. The van der Waals surface area contributed by atoms with Crippen LogP contribution in [0, 0.1) is 0 Å². The average Bonchev–Trinajstić information content (AvgIpc) is 3.29. The molecule has 216 valence electrons. The minimum absolute atomic E-state index is 0.0807. The Morgan fingerprint density at radius 1 is 0.619 bits per heavy atom. The summed E-state index contributed by atoms with van der Waals surface area (Å²) < 4.78 is 0. The van der Waals surface area contributed by atoms with Crippen molar-refractivity contribution < 1.29 is 10.2 Å². The molecule has 8 heteroatoms. The first-order chi connectivity index (χ1) is 20.6. The van der Waals surface area contributed by atoms with Crippen LogP contribution in [-0.4, -0.2) is 48.6 Å². The molecule has 0 saturated carbocycles. The monoisotopic (exact) mass is 562 g/mol. The van der Waals surface area contributed by atoms with E-state index in [-0.39, 0.29) is 13.1 Å². The highest BCUT2D eigenvalue weighted by molar-refractivity contribution is 5.72. The van der Waals surface area contributed by atoms with Gasteiger partial charge in [0.25, 0.3) is 0 Å². The van der Waals surface area contributed by atoms with E-state index in [0.717, 1.165) is 37.1 Å². The summed E-state index contributed by atoms with van der Waals surface area (Å²) in [7, 11) is 0. The van der Waals surface area contributed by atoms with Gasteiger partial charge in [-0.3, -0.25) is 0 Å². The maximum Gasteiger partial charge on any atom is 0.0841 e. The number of para-hydroxylation sites is 4. The van der Waals surface area contributed by atoms with Crippen LogP contribution in [0.5, 0.6) is 0 Å². The zero-order valence-corrected chi connectivity index (χ0v) is 23.8. The Hall–Kier alpha value is -4.33. The van der Waals surface area contributed by atoms with E-state index in [2.05, 4.69) is 92.6 Å². The van der Waals surface area contributed by atoms with Crippen molar-refractivity contribution in [1.82, 2.24) is 0 Å². The lowest BCUT2D eigenvalue weighted by Gasteiger charge is -2.28. The molecular weight excluding hydrogens is 524 g/mol. The zero-order valence-electron chi connectivity index (χ0n) is 23.8. The minimum atomic E-state index is -0.699. The first kappa shape index (κ1) is 29.2. The maximum atomic E-state index is 10.2. The molecule has 0 unspecified atom stereocenters. The fourth-order valence-electron chi connectivity index (χ4n) is 5.82. The summed E-state index contributed by atoms with van der Waals surface area (Å²) in [6, 6.07) is 33.4. The standard InChI is InChI=1S/C17H18N4O.C17H20N2O/c18-20-19-11-15(22)12-21-16-7-3-1-5-13(16)9-10-14-6-2-4-8-17(14)21;18-11-15(20)12-19-16-7-3-1-5-13(16)9-10-14-6-2-4-8-17(14)19/h1-8,15,22H,9-12H2;1-8,15,20H,9-12,18H2/t2*15-/m11/s1. The number of aryl methyl sites for hydroxylation is 4. The van der Waals surface area contributed by atoms with Gasteiger partial charge in [0.15, 0.2) is 0 Å². The van der Waals surface area contributed by atoms with Gasteiger partial charge in [-0.2, -0.15) is 0 Å². The van der Waals surface area contributed by atoms with E-state index >= 15 is 0 Å². The van der Waals surface area contributed by atoms with Gasteiger partial charge in [-0.15, -0.1) is 0 Å². The van der Waals surface area contributed by atoms with Gasteiger partial charge in [-0.1, -0.05) is 77.9 Å². The second-order valence-corrected chi connectivity index (χ2v) is 10.7. The van der Waals surface area contributed by atoms with Gasteiger partial charge >= 0.3 is 0 Å². The van der Waals surface area contributed by atoms with Gasteiger partial charge < -0.3 is 25.7 Å². The number of anilines is 4. The fourth-order valence-corrected chi connectivity index (χ4v) is 5.82. The number of fused-ring (bicyclic) bond motifs is 4. The van der Waals surface area contributed by atoms with Gasteiger partial charge in [0.1, 0.15) is 0 Å². The molecule has 0 bridgehead atoms. The van der Waals surface area contributed by atoms with Crippen LogP contribution in [0.25, 0.3) is 10.4 Å². The van der Waals surface area contributed by atoms with E-state index in [1.165, 1.54) is 33.6 Å². The van der Waals surface area contributed by atoms with E-state index in [1.54, 1.807) is 0 Å². The van der Waals surface area contributed by atoms with Crippen molar-refractivity contribution in [3.8, 4) is 0 Å². The van der Waals surface area contributed by atoms with E-state index < -0.39 is 12.2 Å². The topological polar surface area (TPSA) is 122 Å². The van der Waals surface area contributed by atoms with Crippen molar-refractivity contribution in [2.75, 3.05) is 36.0 Å². The van der Waals surface area contributed by atoms with Crippen LogP contribution in [0.3, 0.4) is 0 Å². The summed E-state index contributed by atoms with van der Waals surface area (Å²) in [4.78, 5) is 7.06. The van der Waals surface area contributed by atoms with Crippen molar-refractivity contribution >= 4 is 22.7 Å². The van der Waals surface area contributed by atoms with Crippen LogP contribution in [0.15, 0.2) is 102 Å². The van der Waals surface area contributed by atoms with Crippen molar-refractivity contribution in [2.45, 2.75) is 37.9 Å². The van der Waals surface area contributed by atoms with Crippen molar-refractivity contribution in [2.24, 2.45) is 10.8 Å². The molecule has 0 fully saturated rings. The second-order valence-electron chi connectivity index (χ2n) is 10.7. The lowest BCUT2D eigenvalue weighted by atomic mass is 10.0. The zero-order chi connectivity index (χ0) is 29.3. The Labute approximate surface area is 247 Å². The molecule has 2 aliphatic rings. The summed E-state index contributed by atoms with van der Waals surface area (Å²) in [5, 5.41) is 23.6. The number of aliphatic hydroxyl groups is 2. The molecular formula is C34H38N6O2. The minimum Gasteiger partial charge on any atom is -0.391 e. The largest absolute Gasteiger partial charge is 0.391 e. The number of rotatable bonds is 7. The Morgan fingerprint density at radius 3 is 1.29 bits per heavy atom. The van der Waals surface area contributed by atoms with Crippen molar-refractivity contribution in [3.05, 3.63) is 130 Å². The number of β-amino-alcohol motifs (C(OH)–C–C–N with tert-alkyl or cyclic N) is 2. The van der Waals surface area contributed by atoms with Gasteiger partial charge in [0.05, 0.1) is 25.3 Å². The molecule has 6 rings (SSSR count). The third-order valence-electron chi connectivity index (χ3n) is 7.87. The lowest BCUT2D eigenvalue weighted by Crippen LogP contribution is -2.34. The van der Waals surface area contributed by atoms with E-state index in [1.807, 2.05) is 24.3 Å². The Kier molecular flexibility index (Phi) is 9.74. The number of hydrogen-bond donors (Lipinski definition) is 3. The van der Waals surface area contributed by atoms with Crippen molar-refractivity contribution in [1.29, 1.82) is 0 Å². The van der Waals surface area contributed by atoms with Crippen LogP contribution in [0.4, 0.5) is 22.7 Å². The van der Waals surface area contributed by atoms with Crippen LogP contribution >= 0.6 is 0 Å². The van der Waals surface area contributed by atoms with Gasteiger partial charge in [0, 0.05) is 40.8 Å². The molecule has 42 heavy (non-hydrogen) atoms. The van der Waals surface area contributed by atoms with E-state index in [0.29, 0.717) is 13.1 Å². The molecule has 4 aromatic carbocycles. The number of nitrogens with two attached hydrogens (primary N) is 1. The number of azide groups is 1. The second kappa shape index (κ2) is 14.0. The highest BCUT2D eigenvalue weighted by atomic mass is 16.3. The smallest absolute Gasteiger partial charge is 0.0841 e. The molecule has 0 aromatic heterocycles. The molecule has 0 aliphatic carbocycles. The van der Waals surface area contributed by atoms with E-state index in [4.69, 9.17) is 11.3 Å². The highest BCUT2D eigenvalue weighted by Crippen LogP contribution is 2.37. The fraction of sp³-hybridized carbons (Fsp3) is 0.294. The van der Waals surface area contributed by atoms with Crippen LogP contribution in [-0.2, 0) is 25.7 Å². The Bertz CT molecular complexity index is 1440. The Balaban J connectivity index is 0.000000169. The molecule has 2 atom stereocenters. The molecule has 8 nitrogen and oxygen atoms in total. The normalized spacial score (nSPS) is 14.7. The molecule has 0 amide bonds. The summed E-state index contributed by atoms with van der Waals surface area (Å²) in [5.74, 6) is 0. The molecule has 2 heterocycles. The highest BCUT2D eigenvalue weighted by Gasteiger charge is 2.23. The number of aliphatic hydroxyl groups excluding tert-OH is 2. The van der Waals surface area contributed by atoms with Gasteiger partial charge in [-0.05, 0) is 77.7 Å². The quantitative estimate of drug-likeness (QED) is 0.148. The number of nitrogens with zero attached hydrogens (tertiary/aromatic N) is 5. The molecule has 0 radical (unpaired) electrons. The summed E-state index contributed by atoms with van der Waals surface area (Å²) >= 11 is 0. The number of hydrogen-bond acceptors (Lipinski definition) is 6. The predicted octanol–water partition coefficient (Wildman–Crippen LogP) is 5.84. The Morgan fingerprint density at radius 2 is 0.952 bits per heavy atom. The molecule has 2 aliphatic heterocycles. The number of benzene rings is 4.